The molecule has 0 amide bonds. The zero-order valence-electron chi connectivity index (χ0n) is 53.0. The smallest absolute Gasteiger partial charge is 0.252 e. The number of fused-ring (bicyclic) bond motifs is 12. The molecule has 0 fully saturated rings. The Labute approximate surface area is 514 Å². The second-order valence-electron chi connectivity index (χ2n) is 29.5. The molecule has 0 unspecified atom stereocenters. The van der Waals surface area contributed by atoms with Crippen molar-refractivity contribution in [3.63, 3.8) is 0 Å². The van der Waals surface area contributed by atoms with Crippen molar-refractivity contribution in [2.24, 2.45) is 0 Å². The number of furan rings is 1. The highest BCUT2D eigenvalue weighted by molar-refractivity contribution is 7.00. The Hall–Kier alpha value is -9.00. The van der Waals surface area contributed by atoms with Crippen molar-refractivity contribution in [2.45, 2.75) is 124 Å². The van der Waals surface area contributed by atoms with E-state index in [4.69, 9.17) is 4.42 Å². The molecule has 0 atom stereocenters. The molecule has 4 heterocycles. The average Bonchev–Trinajstić information content (AvgIpc) is 1.58. The molecule has 0 radical (unpaired) electrons. The van der Waals surface area contributed by atoms with E-state index in [1.165, 1.54) is 77.6 Å². The molecular weight excluding hydrogens is 1060 g/mol. The van der Waals surface area contributed by atoms with Crippen LogP contribution in [-0.2, 0) is 27.1 Å². The zero-order chi connectivity index (χ0) is 60.4. The number of aromatic nitrogens is 1. The van der Waals surface area contributed by atoms with Crippen molar-refractivity contribution in [2.75, 3.05) is 14.7 Å². The number of nitrogens with zero attached hydrogens (tertiary/aromatic N) is 4. The lowest BCUT2D eigenvalue weighted by molar-refractivity contribution is 0.590. The minimum atomic E-state index is -0.316. The van der Waals surface area contributed by atoms with Gasteiger partial charge in [0.1, 0.15) is 5.58 Å². The van der Waals surface area contributed by atoms with Gasteiger partial charge in [0, 0.05) is 83.8 Å². The van der Waals surface area contributed by atoms with Crippen LogP contribution in [0.1, 0.15) is 130 Å². The average molecular weight is 1130 g/mol. The fourth-order valence-corrected chi connectivity index (χ4v) is 14.7. The summed E-state index contributed by atoms with van der Waals surface area (Å²) in [5.41, 5.74) is 27.9. The predicted octanol–water partition coefficient (Wildman–Crippen LogP) is 20.6. The molecule has 15 rings (SSSR count). The predicted molar refractivity (Wildman–Crippen MR) is 372 cm³/mol. The summed E-state index contributed by atoms with van der Waals surface area (Å²) in [5, 5.41) is 3.48. The molecule has 3 aliphatic rings. The van der Waals surface area contributed by atoms with Crippen molar-refractivity contribution >= 4 is 107 Å². The Bertz CT molecular complexity index is 4630. The first-order chi connectivity index (χ1) is 41.4. The molecule has 0 saturated carbocycles. The lowest BCUT2D eigenvalue weighted by Crippen LogP contribution is -2.60. The fourth-order valence-electron chi connectivity index (χ4n) is 14.7. The van der Waals surface area contributed by atoms with E-state index in [0.29, 0.717) is 0 Å². The second kappa shape index (κ2) is 19.0. The molecule has 5 nitrogen and oxygen atoms in total. The molecule has 2 aliphatic heterocycles. The molecule has 12 aromatic rings. The Morgan fingerprint density at radius 1 is 0.391 bits per heavy atom. The third-order valence-corrected chi connectivity index (χ3v) is 19.4. The first-order valence-corrected chi connectivity index (χ1v) is 31.3. The van der Waals surface area contributed by atoms with Crippen molar-refractivity contribution in [1.82, 2.24) is 4.57 Å². The number of hydrogen-bond acceptors (Lipinski definition) is 4. The fraction of sp³-hybridized carbons (Fsp3) is 0.235. The molecule has 430 valence electrons. The summed E-state index contributed by atoms with van der Waals surface area (Å²) in [6.07, 6.45) is 0. The molecule has 2 aromatic heterocycles. The van der Waals surface area contributed by atoms with E-state index >= 15 is 0 Å². The molecular formula is C81H77BN4O. The van der Waals surface area contributed by atoms with Crippen molar-refractivity contribution < 1.29 is 4.42 Å². The minimum Gasteiger partial charge on any atom is -0.454 e. The summed E-state index contributed by atoms with van der Waals surface area (Å²) < 4.78 is 9.90. The van der Waals surface area contributed by atoms with Crippen LogP contribution >= 0.6 is 0 Å². The molecule has 1 aliphatic carbocycles. The van der Waals surface area contributed by atoms with Gasteiger partial charge in [0.25, 0.3) is 6.71 Å². The van der Waals surface area contributed by atoms with Gasteiger partial charge in [0.2, 0.25) is 0 Å². The summed E-state index contributed by atoms with van der Waals surface area (Å²) in [6.45, 7) is 32.3. The van der Waals surface area contributed by atoms with E-state index in [1.54, 1.807) is 0 Å². The molecule has 10 aromatic carbocycles. The highest BCUT2D eigenvalue weighted by atomic mass is 16.3. The Morgan fingerprint density at radius 2 is 0.851 bits per heavy atom. The first-order valence-electron chi connectivity index (χ1n) is 31.3. The van der Waals surface area contributed by atoms with E-state index in [-0.39, 0.29) is 33.8 Å². The quantitative estimate of drug-likeness (QED) is 0.149. The van der Waals surface area contributed by atoms with Gasteiger partial charge in [-0.15, -0.1) is 0 Å². The molecule has 87 heavy (non-hydrogen) atoms. The van der Waals surface area contributed by atoms with Crippen LogP contribution in [0, 0.1) is 0 Å². The summed E-state index contributed by atoms with van der Waals surface area (Å²) in [4.78, 5) is 7.53. The molecule has 6 heteroatoms. The van der Waals surface area contributed by atoms with Gasteiger partial charge in [-0.1, -0.05) is 224 Å². The van der Waals surface area contributed by atoms with Crippen LogP contribution < -0.4 is 31.1 Å². The van der Waals surface area contributed by atoms with Crippen molar-refractivity contribution in [3.8, 4) is 16.8 Å². The van der Waals surface area contributed by atoms with Crippen LogP contribution in [0.15, 0.2) is 217 Å². The van der Waals surface area contributed by atoms with E-state index in [0.717, 1.165) is 73.1 Å². The van der Waals surface area contributed by atoms with E-state index in [9.17, 15) is 0 Å². The normalized spacial score (nSPS) is 14.1. The van der Waals surface area contributed by atoms with Crippen molar-refractivity contribution in [1.29, 1.82) is 0 Å². The summed E-state index contributed by atoms with van der Waals surface area (Å²) in [7, 11) is 0. The number of hydrogen-bond donors (Lipinski definition) is 0. The maximum Gasteiger partial charge on any atom is 0.252 e. The standard InChI is InChI=1S/C81H77BN4O/c1-77(2,3)50-29-37-54(38-30-50)83(55-39-31-51(32-40-55)78(4,5)6)58-45-46-65-68(47-58)85(67-27-20-23-61-60-21-16-18-28-71(60)87-75(61)67)69-48-59(84(56-41-33-52(34-42-56)79(7,8)9)57-43-35-53(36-44-57)80(10,11)12)49-70-73(69)82(65)66-26-19-24-63-72-62-22-15-17-25-64(62)81(13,14)76(72)86(70)74(63)66/h15-49H,1-14H3. The minimum absolute atomic E-state index is 0.00383. The number of rotatable bonds is 7. The number of para-hydroxylation sites is 3. The van der Waals surface area contributed by atoms with E-state index < -0.39 is 0 Å². The lowest BCUT2D eigenvalue weighted by Gasteiger charge is -2.42. The van der Waals surface area contributed by atoms with Gasteiger partial charge in [0.05, 0.1) is 11.4 Å². The van der Waals surface area contributed by atoms with Gasteiger partial charge in [0.15, 0.2) is 5.58 Å². The lowest BCUT2D eigenvalue weighted by atomic mass is 9.33. The van der Waals surface area contributed by atoms with Gasteiger partial charge >= 0.3 is 0 Å². The topological polar surface area (TPSA) is 27.8 Å². The van der Waals surface area contributed by atoms with Gasteiger partial charge in [-0.25, -0.2) is 0 Å². The largest absolute Gasteiger partial charge is 0.454 e. The Kier molecular flexibility index (Phi) is 11.9. The maximum atomic E-state index is 7.20. The molecule has 0 N–H and O–H groups in total. The SMILES string of the molecule is CC(C)(C)c1ccc(N(c2ccc(C(C)(C)C)cc2)c2ccc3c(c2)N(c2cccc4c2oc2ccccc24)c2cc(N(c4ccc(C(C)(C)C)cc4)c4ccc(C(C)(C)C)cc4)cc4c2B3c2cccc3c5c(n-4c23)C(C)(C)c2ccccc2-5)cc1. The maximum absolute atomic E-state index is 7.20. The number of anilines is 9. The van der Waals surface area contributed by atoms with Gasteiger partial charge in [-0.2, -0.15) is 0 Å². The molecule has 0 bridgehead atoms. The third kappa shape index (κ3) is 8.48. The highest BCUT2D eigenvalue weighted by Gasteiger charge is 2.48. The zero-order valence-corrected chi connectivity index (χ0v) is 53.0. The summed E-state index contributed by atoms with van der Waals surface area (Å²) in [6, 6.07) is 81.0. The molecule has 0 saturated heterocycles. The monoisotopic (exact) mass is 1130 g/mol. The van der Waals surface area contributed by atoms with Crippen LogP contribution in [0.5, 0.6) is 0 Å². The number of benzene rings is 10. The summed E-state index contributed by atoms with van der Waals surface area (Å²) in [5.74, 6) is 0. The van der Waals surface area contributed by atoms with Gasteiger partial charge in [-0.3, -0.25) is 0 Å². The van der Waals surface area contributed by atoms with Gasteiger partial charge < -0.3 is 23.7 Å². The van der Waals surface area contributed by atoms with E-state index in [2.05, 4.69) is 329 Å². The van der Waals surface area contributed by atoms with Gasteiger partial charge in [-0.05, 0) is 156 Å². The summed E-state index contributed by atoms with van der Waals surface area (Å²) >= 11 is 0. The van der Waals surface area contributed by atoms with E-state index in [1.807, 2.05) is 0 Å². The Balaban J connectivity index is 1.07. The third-order valence-electron chi connectivity index (χ3n) is 19.4. The Morgan fingerprint density at radius 3 is 1.41 bits per heavy atom. The highest BCUT2D eigenvalue weighted by Crippen LogP contribution is 2.56. The van der Waals surface area contributed by atoms with Crippen LogP contribution in [0.25, 0.3) is 49.7 Å². The second-order valence-corrected chi connectivity index (χ2v) is 29.5. The molecule has 0 spiro atoms. The van der Waals surface area contributed by atoms with Crippen LogP contribution in [0.4, 0.5) is 51.2 Å². The van der Waals surface area contributed by atoms with Crippen LogP contribution in [0.2, 0.25) is 0 Å². The first kappa shape index (κ1) is 54.6. The van der Waals surface area contributed by atoms with Crippen LogP contribution in [-0.4, -0.2) is 11.3 Å². The van der Waals surface area contributed by atoms with Crippen LogP contribution in [0.3, 0.4) is 0 Å². The van der Waals surface area contributed by atoms with Crippen molar-refractivity contribution in [3.05, 3.63) is 246 Å².